The summed E-state index contributed by atoms with van der Waals surface area (Å²) in [5, 5.41) is 10.7. The second kappa shape index (κ2) is 6.80. The van der Waals surface area contributed by atoms with Crippen LogP contribution >= 0.6 is 0 Å². The lowest BCUT2D eigenvalue weighted by atomic mass is 10.0. The fourth-order valence-electron chi connectivity index (χ4n) is 3.35. The van der Waals surface area contributed by atoms with Crippen LogP contribution in [0.4, 0.5) is 0 Å². The van der Waals surface area contributed by atoms with Crippen molar-refractivity contribution in [3.63, 3.8) is 0 Å². The van der Waals surface area contributed by atoms with Crippen molar-refractivity contribution in [1.82, 2.24) is 25.7 Å². The maximum atomic E-state index is 12.1. The second-order valence-corrected chi connectivity index (χ2v) is 7.57. The van der Waals surface area contributed by atoms with Gasteiger partial charge in [-0.05, 0) is 52.0 Å². The number of piperidine rings is 1. The van der Waals surface area contributed by atoms with Gasteiger partial charge >= 0.3 is 0 Å². The number of amides is 1. The van der Waals surface area contributed by atoms with Gasteiger partial charge in [-0.2, -0.15) is 4.98 Å². The third-order valence-corrected chi connectivity index (χ3v) is 5.08. The van der Waals surface area contributed by atoms with Crippen LogP contribution in [0, 0.1) is 0 Å². The number of nitrogens with zero attached hydrogens (tertiary/aromatic N) is 3. The molecule has 0 spiro atoms. The molecular weight excluding hydrogens is 306 g/mol. The largest absolute Gasteiger partial charge is 0.352 e. The van der Waals surface area contributed by atoms with Gasteiger partial charge < -0.3 is 15.2 Å². The molecule has 3 fully saturated rings. The van der Waals surface area contributed by atoms with E-state index in [1.54, 1.807) is 0 Å². The molecule has 1 saturated heterocycles. The third kappa shape index (κ3) is 4.13. The highest BCUT2D eigenvalue weighted by molar-refractivity contribution is 5.81. The van der Waals surface area contributed by atoms with Crippen molar-refractivity contribution in [3.05, 3.63) is 11.7 Å². The summed E-state index contributed by atoms with van der Waals surface area (Å²) in [5.74, 6) is 2.23. The van der Waals surface area contributed by atoms with E-state index >= 15 is 0 Å². The number of hydrogen-bond donors (Lipinski definition) is 2. The van der Waals surface area contributed by atoms with Crippen LogP contribution in [-0.2, 0) is 11.3 Å². The van der Waals surface area contributed by atoms with Crippen LogP contribution in [0.25, 0.3) is 0 Å². The molecule has 1 amide bonds. The predicted octanol–water partition coefficient (Wildman–Crippen LogP) is 1.17. The standard InChI is InChI=1S/C17H27N5O2/c1-11(16(23)19-13-6-7-13)18-14-3-2-8-22(9-14)10-15-20-17(24-21-15)12-4-5-12/h11-14,18H,2-10H2,1H3,(H,19,23). The van der Waals surface area contributed by atoms with E-state index in [9.17, 15) is 4.79 Å². The molecule has 3 aliphatic rings. The van der Waals surface area contributed by atoms with Crippen LogP contribution in [0.3, 0.4) is 0 Å². The Bertz CT molecular complexity index is 581. The van der Waals surface area contributed by atoms with E-state index in [2.05, 4.69) is 25.7 Å². The van der Waals surface area contributed by atoms with Gasteiger partial charge in [-0.25, -0.2) is 0 Å². The van der Waals surface area contributed by atoms with Gasteiger partial charge in [0.05, 0.1) is 12.6 Å². The molecule has 2 unspecified atom stereocenters. The third-order valence-electron chi connectivity index (χ3n) is 5.08. The number of carbonyl (C=O) groups excluding carboxylic acids is 1. The number of rotatable bonds is 7. The molecule has 2 saturated carbocycles. The van der Waals surface area contributed by atoms with Gasteiger partial charge in [0.2, 0.25) is 11.8 Å². The van der Waals surface area contributed by atoms with Gasteiger partial charge in [-0.1, -0.05) is 5.16 Å². The number of nitrogens with one attached hydrogen (secondary N) is 2. The van der Waals surface area contributed by atoms with Crippen molar-refractivity contribution < 1.29 is 9.32 Å². The molecule has 4 rings (SSSR count). The highest BCUT2D eigenvalue weighted by Gasteiger charge is 2.31. The first-order chi connectivity index (χ1) is 11.7. The number of carbonyl (C=O) groups is 1. The van der Waals surface area contributed by atoms with Gasteiger partial charge in [0.15, 0.2) is 5.82 Å². The fourth-order valence-corrected chi connectivity index (χ4v) is 3.35. The zero-order valence-corrected chi connectivity index (χ0v) is 14.3. The van der Waals surface area contributed by atoms with Crippen LogP contribution in [0.1, 0.15) is 63.1 Å². The maximum absolute atomic E-state index is 12.1. The molecule has 1 aromatic heterocycles. The Balaban J connectivity index is 1.25. The summed E-state index contributed by atoms with van der Waals surface area (Å²) in [7, 11) is 0. The lowest BCUT2D eigenvalue weighted by Gasteiger charge is -2.33. The number of hydrogen-bond acceptors (Lipinski definition) is 6. The SMILES string of the molecule is CC(NC1CCCN(Cc2noc(C3CC3)n2)C1)C(=O)NC1CC1. The molecule has 2 N–H and O–H groups in total. The Hall–Kier alpha value is -1.47. The van der Waals surface area contributed by atoms with Gasteiger partial charge in [0, 0.05) is 24.5 Å². The Morgan fingerprint density at radius 1 is 1.29 bits per heavy atom. The highest BCUT2D eigenvalue weighted by Crippen LogP contribution is 2.38. The van der Waals surface area contributed by atoms with E-state index in [4.69, 9.17) is 4.52 Å². The van der Waals surface area contributed by atoms with Crippen molar-refractivity contribution in [1.29, 1.82) is 0 Å². The maximum Gasteiger partial charge on any atom is 0.237 e. The smallest absolute Gasteiger partial charge is 0.237 e. The number of aromatic nitrogens is 2. The molecular formula is C17H27N5O2. The van der Waals surface area contributed by atoms with E-state index in [1.807, 2.05) is 6.92 Å². The van der Waals surface area contributed by atoms with Gasteiger partial charge in [-0.3, -0.25) is 9.69 Å². The van der Waals surface area contributed by atoms with E-state index in [1.165, 1.54) is 12.8 Å². The summed E-state index contributed by atoms with van der Waals surface area (Å²) < 4.78 is 5.34. The minimum atomic E-state index is -0.137. The van der Waals surface area contributed by atoms with Crippen molar-refractivity contribution in [2.24, 2.45) is 0 Å². The average Bonchev–Trinajstić information content (AvgIpc) is 3.49. The first-order valence-electron chi connectivity index (χ1n) is 9.28. The normalized spacial score (nSPS) is 26.3. The molecule has 0 radical (unpaired) electrons. The summed E-state index contributed by atoms with van der Waals surface area (Å²) in [6.45, 7) is 4.66. The summed E-state index contributed by atoms with van der Waals surface area (Å²) in [6.07, 6.45) is 6.85. The first-order valence-corrected chi connectivity index (χ1v) is 9.28. The van der Waals surface area contributed by atoms with Gasteiger partial charge in [0.25, 0.3) is 0 Å². The molecule has 2 atom stereocenters. The first kappa shape index (κ1) is 16.0. The van der Waals surface area contributed by atoms with Crippen LogP contribution in [-0.4, -0.2) is 52.2 Å². The molecule has 2 aliphatic carbocycles. The predicted molar refractivity (Wildman–Crippen MR) is 88.3 cm³/mol. The number of likely N-dealkylation sites (tertiary alicyclic amines) is 1. The summed E-state index contributed by atoms with van der Waals surface area (Å²) in [5.41, 5.74) is 0. The Labute approximate surface area is 142 Å². The molecule has 7 heteroatoms. The fraction of sp³-hybridized carbons (Fsp3) is 0.824. The molecule has 1 aromatic rings. The topological polar surface area (TPSA) is 83.3 Å². The molecule has 132 valence electrons. The zero-order valence-electron chi connectivity index (χ0n) is 14.3. The Morgan fingerprint density at radius 2 is 2.12 bits per heavy atom. The summed E-state index contributed by atoms with van der Waals surface area (Å²) in [6, 6.07) is 0.624. The summed E-state index contributed by atoms with van der Waals surface area (Å²) in [4.78, 5) is 19.0. The minimum absolute atomic E-state index is 0.127. The van der Waals surface area contributed by atoms with E-state index in [-0.39, 0.29) is 11.9 Å². The van der Waals surface area contributed by atoms with E-state index in [0.717, 1.165) is 57.0 Å². The molecule has 2 heterocycles. The quantitative estimate of drug-likeness (QED) is 0.779. The minimum Gasteiger partial charge on any atom is -0.352 e. The second-order valence-electron chi connectivity index (χ2n) is 7.57. The van der Waals surface area contributed by atoms with Crippen LogP contribution in [0.2, 0.25) is 0 Å². The van der Waals surface area contributed by atoms with E-state index < -0.39 is 0 Å². The van der Waals surface area contributed by atoms with Crippen molar-refractivity contribution in [2.45, 2.75) is 76.0 Å². The molecule has 0 aromatic carbocycles. The molecule has 0 bridgehead atoms. The van der Waals surface area contributed by atoms with Crippen molar-refractivity contribution >= 4 is 5.91 Å². The monoisotopic (exact) mass is 333 g/mol. The average molecular weight is 333 g/mol. The molecule has 7 nitrogen and oxygen atoms in total. The van der Waals surface area contributed by atoms with E-state index in [0.29, 0.717) is 18.0 Å². The van der Waals surface area contributed by atoms with Gasteiger partial charge in [-0.15, -0.1) is 0 Å². The van der Waals surface area contributed by atoms with Gasteiger partial charge in [0.1, 0.15) is 0 Å². The Morgan fingerprint density at radius 3 is 2.88 bits per heavy atom. The van der Waals surface area contributed by atoms with Crippen LogP contribution in [0.5, 0.6) is 0 Å². The Kier molecular flexibility index (Phi) is 4.54. The van der Waals surface area contributed by atoms with Crippen molar-refractivity contribution in [3.8, 4) is 0 Å². The lowest BCUT2D eigenvalue weighted by molar-refractivity contribution is -0.123. The highest BCUT2D eigenvalue weighted by atomic mass is 16.5. The molecule has 24 heavy (non-hydrogen) atoms. The van der Waals surface area contributed by atoms with Crippen LogP contribution in [0.15, 0.2) is 4.52 Å². The zero-order chi connectivity index (χ0) is 16.5. The molecule has 1 aliphatic heterocycles. The van der Waals surface area contributed by atoms with Crippen molar-refractivity contribution in [2.75, 3.05) is 13.1 Å². The lowest BCUT2D eigenvalue weighted by Crippen LogP contribution is -2.52. The van der Waals surface area contributed by atoms with Crippen LogP contribution < -0.4 is 10.6 Å². The summed E-state index contributed by atoms with van der Waals surface area (Å²) >= 11 is 0.